The summed E-state index contributed by atoms with van der Waals surface area (Å²) in [5.41, 5.74) is 0.532. The van der Waals surface area contributed by atoms with Crippen LogP contribution in [0, 0.1) is 0 Å². The van der Waals surface area contributed by atoms with E-state index in [-0.39, 0.29) is 5.75 Å². The normalized spacial score (nSPS) is 11.4. The number of sulfonamides is 1. The van der Waals surface area contributed by atoms with Gasteiger partial charge < -0.3 is 5.32 Å². The van der Waals surface area contributed by atoms with Crippen molar-refractivity contribution in [3.63, 3.8) is 0 Å². The van der Waals surface area contributed by atoms with E-state index in [0.717, 1.165) is 13.0 Å². The van der Waals surface area contributed by atoms with Gasteiger partial charge in [-0.3, -0.25) is 4.72 Å². The van der Waals surface area contributed by atoms with E-state index in [1.807, 2.05) is 6.92 Å². The molecular weight excluding hydrogens is 260 g/mol. The second kappa shape index (κ2) is 6.83. The Labute approximate surface area is 107 Å². The molecule has 0 heterocycles. The molecule has 0 spiro atoms. The molecule has 0 aromatic heterocycles. The zero-order valence-electron chi connectivity index (χ0n) is 9.74. The van der Waals surface area contributed by atoms with Gasteiger partial charge in [0.2, 0.25) is 10.0 Å². The minimum absolute atomic E-state index is 0.0651. The Morgan fingerprint density at radius 2 is 1.82 bits per heavy atom. The topological polar surface area (TPSA) is 58.2 Å². The lowest BCUT2D eigenvalue weighted by molar-refractivity contribution is 0.595. The van der Waals surface area contributed by atoms with E-state index in [9.17, 15) is 8.42 Å². The van der Waals surface area contributed by atoms with Crippen LogP contribution in [0.1, 0.15) is 13.3 Å². The summed E-state index contributed by atoms with van der Waals surface area (Å²) in [7, 11) is -3.28. The Bertz CT molecular complexity index is 431. The fourth-order valence-electron chi connectivity index (χ4n) is 1.26. The van der Waals surface area contributed by atoms with E-state index < -0.39 is 10.0 Å². The van der Waals surface area contributed by atoms with Gasteiger partial charge in [0.1, 0.15) is 0 Å². The number of benzene rings is 1. The number of nitrogens with one attached hydrogen (secondary N) is 2. The highest BCUT2D eigenvalue weighted by Crippen LogP contribution is 2.14. The zero-order chi connectivity index (χ0) is 12.7. The lowest BCUT2D eigenvalue weighted by Crippen LogP contribution is -2.27. The standard InChI is InChI=1S/C11H17ClN2O2S/c1-2-7-13-8-9-17(15,16)14-11-5-3-10(12)4-6-11/h3-6,13-14H,2,7-9H2,1H3. The van der Waals surface area contributed by atoms with Crippen LogP contribution in [0.2, 0.25) is 5.02 Å². The fraction of sp³-hybridized carbons (Fsp3) is 0.455. The second-order valence-corrected chi connectivity index (χ2v) is 5.96. The van der Waals surface area contributed by atoms with Gasteiger partial charge in [-0.25, -0.2) is 8.42 Å². The molecule has 0 aliphatic rings. The van der Waals surface area contributed by atoms with Gasteiger partial charge in [-0.2, -0.15) is 0 Å². The third kappa shape index (κ3) is 5.91. The molecule has 6 heteroatoms. The van der Waals surface area contributed by atoms with E-state index in [2.05, 4.69) is 10.0 Å². The first-order valence-corrected chi connectivity index (χ1v) is 7.53. The van der Waals surface area contributed by atoms with E-state index in [1.54, 1.807) is 24.3 Å². The van der Waals surface area contributed by atoms with Crippen molar-refractivity contribution in [2.45, 2.75) is 13.3 Å². The van der Waals surface area contributed by atoms with Crippen molar-refractivity contribution in [3.05, 3.63) is 29.3 Å². The van der Waals surface area contributed by atoms with Crippen molar-refractivity contribution >= 4 is 27.3 Å². The predicted molar refractivity (Wildman–Crippen MR) is 72.0 cm³/mol. The minimum Gasteiger partial charge on any atom is -0.316 e. The van der Waals surface area contributed by atoms with Gasteiger partial charge in [0, 0.05) is 17.3 Å². The van der Waals surface area contributed by atoms with Gasteiger partial charge >= 0.3 is 0 Å². The molecule has 0 bridgehead atoms. The lowest BCUT2D eigenvalue weighted by atomic mass is 10.3. The highest BCUT2D eigenvalue weighted by Gasteiger charge is 2.09. The maximum absolute atomic E-state index is 11.7. The Morgan fingerprint density at radius 1 is 1.18 bits per heavy atom. The first-order valence-electron chi connectivity index (χ1n) is 5.50. The molecule has 1 rings (SSSR count). The highest BCUT2D eigenvalue weighted by molar-refractivity contribution is 7.92. The molecule has 0 unspecified atom stereocenters. The molecule has 0 radical (unpaired) electrons. The Kier molecular flexibility index (Phi) is 5.74. The van der Waals surface area contributed by atoms with Crippen LogP contribution in [0.25, 0.3) is 0 Å². The van der Waals surface area contributed by atoms with Crippen molar-refractivity contribution in [1.29, 1.82) is 0 Å². The summed E-state index contributed by atoms with van der Waals surface area (Å²) in [5.74, 6) is 0.0651. The molecule has 0 saturated carbocycles. The summed E-state index contributed by atoms with van der Waals surface area (Å²) in [6.07, 6.45) is 0.991. The van der Waals surface area contributed by atoms with E-state index in [4.69, 9.17) is 11.6 Å². The summed E-state index contributed by atoms with van der Waals surface area (Å²) in [5, 5.41) is 3.63. The second-order valence-electron chi connectivity index (χ2n) is 3.68. The smallest absolute Gasteiger partial charge is 0.233 e. The van der Waals surface area contributed by atoms with Gasteiger partial charge in [0.25, 0.3) is 0 Å². The number of rotatable bonds is 7. The van der Waals surface area contributed by atoms with Crippen molar-refractivity contribution in [2.24, 2.45) is 0 Å². The third-order valence-electron chi connectivity index (χ3n) is 2.09. The Hall–Kier alpha value is -0.780. The molecule has 4 nitrogen and oxygen atoms in total. The van der Waals surface area contributed by atoms with Crippen LogP contribution in [-0.4, -0.2) is 27.3 Å². The molecule has 1 aromatic rings. The predicted octanol–water partition coefficient (Wildman–Crippen LogP) is 2.08. The van der Waals surface area contributed by atoms with Gasteiger partial charge in [-0.1, -0.05) is 18.5 Å². The molecule has 0 atom stereocenters. The quantitative estimate of drug-likeness (QED) is 0.750. The zero-order valence-corrected chi connectivity index (χ0v) is 11.3. The molecule has 0 amide bonds. The van der Waals surface area contributed by atoms with E-state index in [0.29, 0.717) is 17.3 Å². The minimum atomic E-state index is -3.28. The van der Waals surface area contributed by atoms with E-state index in [1.165, 1.54) is 0 Å². The van der Waals surface area contributed by atoms with Crippen LogP contribution in [0.3, 0.4) is 0 Å². The van der Waals surface area contributed by atoms with Crippen LogP contribution in [0.5, 0.6) is 0 Å². The molecule has 0 saturated heterocycles. The van der Waals surface area contributed by atoms with Gasteiger partial charge in [0.05, 0.1) is 5.75 Å². The summed E-state index contributed by atoms with van der Waals surface area (Å²) in [6, 6.07) is 6.57. The number of hydrogen-bond acceptors (Lipinski definition) is 3. The van der Waals surface area contributed by atoms with Crippen LogP contribution in [-0.2, 0) is 10.0 Å². The largest absolute Gasteiger partial charge is 0.316 e. The van der Waals surface area contributed by atoms with E-state index >= 15 is 0 Å². The highest BCUT2D eigenvalue weighted by atomic mass is 35.5. The van der Waals surface area contributed by atoms with Crippen LogP contribution in [0.15, 0.2) is 24.3 Å². The van der Waals surface area contributed by atoms with Crippen molar-refractivity contribution in [2.75, 3.05) is 23.6 Å². The molecular formula is C11H17ClN2O2S. The van der Waals surface area contributed by atoms with Gasteiger partial charge in [-0.15, -0.1) is 0 Å². The number of anilines is 1. The van der Waals surface area contributed by atoms with Crippen LogP contribution < -0.4 is 10.0 Å². The first kappa shape index (κ1) is 14.3. The first-order chi connectivity index (χ1) is 8.03. The summed E-state index contributed by atoms with van der Waals surface area (Å²) in [6.45, 7) is 3.32. The molecule has 2 N–H and O–H groups in total. The maximum atomic E-state index is 11.7. The summed E-state index contributed by atoms with van der Waals surface area (Å²) in [4.78, 5) is 0. The SMILES string of the molecule is CCCNCCS(=O)(=O)Nc1ccc(Cl)cc1. The number of halogens is 1. The molecule has 0 fully saturated rings. The van der Waals surface area contributed by atoms with Gasteiger partial charge in [-0.05, 0) is 37.2 Å². The summed E-state index contributed by atoms with van der Waals surface area (Å²) >= 11 is 5.71. The van der Waals surface area contributed by atoms with Crippen LogP contribution >= 0.6 is 11.6 Å². The molecule has 0 aliphatic carbocycles. The fourth-order valence-corrected chi connectivity index (χ4v) is 2.39. The number of hydrogen-bond donors (Lipinski definition) is 2. The van der Waals surface area contributed by atoms with Gasteiger partial charge in [0.15, 0.2) is 0 Å². The monoisotopic (exact) mass is 276 g/mol. The summed E-state index contributed by atoms with van der Waals surface area (Å²) < 4.78 is 25.8. The average molecular weight is 277 g/mol. The molecule has 96 valence electrons. The van der Waals surface area contributed by atoms with Crippen molar-refractivity contribution in [3.8, 4) is 0 Å². The Morgan fingerprint density at radius 3 is 2.41 bits per heavy atom. The molecule has 17 heavy (non-hydrogen) atoms. The maximum Gasteiger partial charge on any atom is 0.233 e. The lowest BCUT2D eigenvalue weighted by Gasteiger charge is -2.08. The molecule has 1 aromatic carbocycles. The Balaban J connectivity index is 2.46. The third-order valence-corrected chi connectivity index (χ3v) is 3.63. The molecule has 0 aliphatic heterocycles. The average Bonchev–Trinajstić information content (AvgIpc) is 2.27. The van der Waals surface area contributed by atoms with Crippen molar-refractivity contribution in [1.82, 2.24) is 5.32 Å². The van der Waals surface area contributed by atoms with Crippen LogP contribution in [0.4, 0.5) is 5.69 Å². The van der Waals surface area contributed by atoms with Crippen molar-refractivity contribution < 1.29 is 8.42 Å².